The van der Waals surface area contributed by atoms with Gasteiger partial charge in [-0.2, -0.15) is 4.39 Å². The summed E-state index contributed by atoms with van der Waals surface area (Å²) in [6.07, 6.45) is 2.96. The van der Waals surface area contributed by atoms with Gasteiger partial charge in [0.25, 0.3) is 0 Å². The van der Waals surface area contributed by atoms with Crippen LogP contribution in [-0.4, -0.2) is 73.4 Å². The molecule has 0 aliphatic carbocycles. The van der Waals surface area contributed by atoms with Gasteiger partial charge in [0, 0.05) is 69.4 Å². The van der Waals surface area contributed by atoms with Crippen molar-refractivity contribution in [2.75, 3.05) is 56.2 Å². The zero-order valence-corrected chi connectivity index (χ0v) is 20.0. The van der Waals surface area contributed by atoms with Crippen molar-refractivity contribution < 1.29 is 9.13 Å². The maximum Gasteiger partial charge on any atom is 0.213 e. The van der Waals surface area contributed by atoms with Gasteiger partial charge in [-0.25, -0.2) is 4.98 Å². The van der Waals surface area contributed by atoms with E-state index in [2.05, 4.69) is 48.9 Å². The summed E-state index contributed by atoms with van der Waals surface area (Å²) in [4.78, 5) is 16.2. The van der Waals surface area contributed by atoms with Crippen molar-refractivity contribution in [2.24, 2.45) is 0 Å². The topological polar surface area (TPSA) is 44.7 Å². The first-order valence-corrected chi connectivity index (χ1v) is 12.4. The number of benzene rings is 2. The van der Waals surface area contributed by atoms with Crippen LogP contribution in [0.2, 0.25) is 0 Å². The fourth-order valence-electron chi connectivity index (χ4n) is 5.77. The molecule has 180 valence electrons. The number of anilines is 2. The van der Waals surface area contributed by atoms with E-state index in [1.54, 1.807) is 13.2 Å². The van der Waals surface area contributed by atoms with Crippen molar-refractivity contribution in [3.05, 3.63) is 72.8 Å². The van der Waals surface area contributed by atoms with E-state index in [0.29, 0.717) is 6.04 Å². The summed E-state index contributed by atoms with van der Waals surface area (Å²) in [5.41, 5.74) is 4.00. The van der Waals surface area contributed by atoms with Crippen LogP contribution in [0.4, 0.5) is 15.8 Å². The number of piperazine rings is 1. The third-order valence-corrected chi connectivity index (χ3v) is 7.57. The van der Waals surface area contributed by atoms with Crippen molar-refractivity contribution in [2.45, 2.75) is 18.6 Å². The van der Waals surface area contributed by atoms with Crippen molar-refractivity contribution in [3.8, 4) is 0 Å². The number of hydrogen-bond acceptors (Lipinski definition) is 6. The highest BCUT2D eigenvalue weighted by atomic mass is 19.1. The molecular formula is C28H30FN5O. The van der Waals surface area contributed by atoms with E-state index in [1.807, 2.05) is 30.5 Å². The molecular weight excluding hydrogens is 441 g/mol. The second kappa shape index (κ2) is 9.40. The van der Waals surface area contributed by atoms with E-state index in [9.17, 15) is 4.39 Å². The molecule has 2 unspecified atom stereocenters. The summed E-state index contributed by atoms with van der Waals surface area (Å²) in [5.74, 6) is -0.442. The summed E-state index contributed by atoms with van der Waals surface area (Å²) in [7, 11) is 1.81. The normalized spacial score (nSPS) is 21.7. The molecule has 2 fully saturated rings. The predicted octanol–water partition coefficient (Wildman–Crippen LogP) is 4.34. The molecule has 2 aliphatic heterocycles. The zero-order valence-electron chi connectivity index (χ0n) is 20.0. The van der Waals surface area contributed by atoms with Crippen LogP contribution < -0.4 is 9.80 Å². The molecule has 7 heteroatoms. The van der Waals surface area contributed by atoms with Crippen molar-refractivity contribution in [3.63, 3.8) is 0 Å². The second-order valence-electron chi connectivity index (χ2n) is 9.43. The second-order valence-corrected chi connectivity index (χ2v) is 9.43. The van der Waals surface area contributed by atoms with E-state index in [0.717, 1.165) is 67.8 Å². The highest BCUT2D eigenvalue weighted by Crippen LogP contribution is 2.31. The molecule has 2 atom stereocenters. The molecule has 0 N–H and O–H groups in total. The lowest BCUT2D eigenvalue weighted by Gasteiger charge is -2.47. The zero-order chi connectivity index (χ0) is 23.8. The highest BCUT2D eigenvalue weighted by Gasteiger charge is 2.35. The van der Waals surface area contributed by atoms with Gasteiger partial charge in [-0.3, -0.25) is 9.88 Å². The van der Waals surface area contributed by atoms with Crippen molar-refractivity contribution in [1.29, 1.82) is 0 Å². The number of para-hydroxylation sites is 2. The van der Waals surface area contributed by atoms with Crippen LogP contribution in [0.5, 0.6) is 0 Å². The number of ether oxygens (including phenoxy) is 1. The molecule has 0 amide bonds. The minimum atomic E-state index is -0.442. The van der Waals surface area contributed by atoms with Gasteiger partial charge in [0.1, 0.15) is 0 Å². The summed E-state index contributed by atoms with van der Waals surface area (Å²) in [6.45, 7) is 5.60. The van der Waals surface area contributed by atoms with E-state index >= 15 is 0 Å². The van der Waals surface area contributed by atoms with E-state index in [4.69, 9.17) is 4.74 Å². The molecule has 2 aromatic carbocycles. The molecule has 6 nitrogen and oxygen atoms in total. The Morgan fingerprint density at radius 2 is 1.51 bits per heavy atom. The van der Waals surface area contributed by atoms with Gasteiger partial charge in [-0.1, -0.05) is 30.3 Å². The van der Waals surface area contributed by atoms with Crippen LogP contribution >= 0.6 is 0 Å². The van der Waals surface area contributed by atoms with Crippen LogP contribution in [0.25, 0.3) is 21.8 Å². The lowest BCUT2D eigenvalue weighted by atomic mass is 9.97. The minimum Gasteiger partial charge on any atom is -0.378 e. The van der Waals surface area contributed by atoms with Crippen molar-refractivity contribution >= 4 is 33.2 Å². The van der Waals surface area contributed by atoms with Gasteiger partial charge in [-0.15, -0.1) is 0 Å². The van der Waals surface area contributed by atoms with Crippen LogP contribution in [0.3, 0.4) is 0 Å². The van der Waals surface area contributed by atoms with E-state index in [-0.39, 0.29) is 6.10 Å². The molecule has 0 bridgehead atoms. The maximum atomic E-state index is 13.9. The average Bonchev–Trinajstić information content (AvgIpc) is 2.92. The molecule has 4 heterocycles. The van der Waals surface area contributed by atoms with Crippen LogP contribution in [0, 0.1) is 5.95 Å². The van der Waals surface area contributed by atoms with Crippen molar-refractivity contribution in [1.82, 2.24) is 14.9 Å². The standard InChI is InChI=1S/C28H30FN5O/c1-35-25-19-34(24-9-3-6-21-10-11-26(29)31-28(21)24)14-12-22(25)32-15-17-33(18-16-32)23-8-2-5-20-7-4-13-30-27(20)23/h2-11,13,22,25H,12,14-19H2,1H3. The third kappa shape index (κ3) is 4.19. The molecule has 0 radical (unpaired) electrons. The Labute approximate surface area is 204 Å². The first kappa shape index (κ1) is 22.2. The fraction of sp³-hybridized carbons (Fsp3) is 0.357. The Hall–Kier alpha value is -3.29. The molecule has 4 aromatic rings. The third-order valence-electron chi connectivity index (χ3n) is 7.57. The van der Waals surface area contributed by atoms with Crippen LogP contribution in [0.1, 0.15) is 6.42 Å². The number of hydrogen-bond donors (Lipinski definition) is 0. The molecule has 6 rings (SSSR count). The monoisotopic (exact) mass is 471 g/mol. The maximum absolute atomic E-state index is 13.9. The molecule has 2 aromatic heterocycles. The lowest BCUT2D eigenvalue weighted by molar-refractivity contribution is 0.00260. The van der Waals surface area contributed by atoms with Gasteiger partial charge in [0.05, 0.1) is 28.5 Å². The fourth-order valence-corrected chi connectivity index (χ4v) is 5.77. The summed E-state index contributed by atoms with van der Waals surface area (Å²) in [5, 5.41) is 2.14. The van der Waals surface area contributed by atoms with E-state index < -0.39 is 5.95 Å². The number of pyridine rings is 2. The summed E-state index contributed by atoms with van der Waals surface area (Å²) >= 11 is 0. The van der Waals surface area contributed by atoms with Crippen LogP contribution in [0.15, 0.2) is 66.9 Å². The first-order chi connectivity index (χ1) is 17.2. The number of aromatic nitrogens is 2. The van der Waals surface area contributed by atoms with Gasteiger partial charge in [0.15, 0.2) is 0 Å². The number of methoxy groups -OCH3 is 1. The Kier molecular flexibility index (Phi) is 5.96. The number of rotatable bonds is 4. The molecule has 2 saturated heterocycles. The largest absolute Gasteiger partial charge is 0.378 e. The number of nitrogens with zero attached hydrogens (tertiary/aromatic N) is 5. The predicted molar refractivity (Wildman–Crippen MR) is 139 cm³/mol. The van der Waals surface area contributed by atoms with Gasteiger partial charge >= 0.3 is 0 Å². The summed E-state index contributed by atoms with van der Waals surface area (Å²) < 4.78 is 19.9. The van der Waals surface area contributed by atoms with E-state index in [1.165, 1.54) is 17.1 Å². The Balaban J connectivity index is 1.16. The molecule has 2 aliphatic rings. The SMILES string of the molecule is COC1CN(c2cccc3ccc(F)nc23)CCC1N1CCN(c2cccc3cccnc23)CC1. The Bertz CT molecular complexity index is 1330. The number of fused-ring (bicyclic) bond motifs is 2. The Morgan fingerprint density at radius 1 is 0.800 bits per heavy atom. The van der Waals surface area contributed by atoms with Gasteiger partial charge in [0.2, 0.25) is 5.95 Å². The highest BCUT2D eigenvalue weighted by molar-refractivity contribution is 5.91. The number of halogens is 1. The summed E-state index contributed by atoms with van der Waals surface area (Å²) in [6, 6.07) is 20.2. The smallest absolute Gasteiger partial charge is 0.213 e. The lowest BCUT2D eigenvalue weighted by Crippen LogP contribution is -2.59. The molecule has 35 heavy (non-hydrogen) atoms. The Morgan fingerprint density at radius 3 is 2.29 bits per heavy atom. The van der Waals surface area contributed by atoms with Crippen LogP contribution in [-0.2, 0) is 4.74 Å². The van der Waals surface area contributed by atoms with Gasteiger partial charge < -0.3 is 14.5 Å². The van der Waals surface area contributed by atoms with Gasteiger partial charge in [-0.05, 0) is 36.8 Å². The first-order valence-electron chi connectivity index (χ1n) is 12.4. The molecule has 0 saturated carbocycles. The quantitative estimate of drug-likeness (QED) is 0.413. The minimum absolute atomic E-state index is 0.0818. The average molecular weight is 472 g/mol. The number of piperidine rings is 1. The molecule has 0 spiro atoms.